The third kappa shape index (κ3) is 2.54. The highest BCUT2D eigenvalue weighted by atomic mass is 19.1. The third-order valence-electron chi connectivity index (χ3n) is 3.35. The summed E-state index contributed by atoms with van der Waals surface area (Å²) in [4.78, 5) is 0. The molecular formula is C15H17F2N3. The third-order valence-corrected chi connectivity index (χ3v) is 3.35. The van der Waals surface area contributed by atoms with Gasteiger partial charge in [0.05, 0.1) is 17.4 Å². The number of rotatable bonds is 3. The number of halogens is 2. The van der Waals surface area contributed by atoms with Crippen LogP contribution < -0.4 is 5.32 Å². The van der Waals surface area contributed by atoms with Crippen molar-refractivity contribution >= 4 is 0 Å². The second-order valence-corrected chi connectivity index (χ2v) is 4.84. The summed E-state index contributed by atoms with van der Waals surface area (Å²) in [6.45, 7) is 5.19. The first-order valence-corrected chi connectivity index (χ1v) is 6.38. The number of aromatic nitrogens is 2. The summed E-state index contributed by atoms with van der Waals surface area (Å²) in [7, 11) is 1.67. The average Bonchev–Trinajstić information content (AvgIpc) is 2.42. The van der Waals surface area contributed by atoms with Gasteiger partial charge < -0.3 is 5.32 Å². The van der Waals surface area contributed by atoms with Crippen LogP contribution in [-0.2, 0) is 0 Å². The highest BCUT2D eigenvalue weighted by Gasteiger charge is 2.24. The molecule has 0 fully saturated rings. The molecule has 0 saturated heterocycles. The zero-order valence-electron chi connectivity index (χ0n) is 12.0. The number of aryl methyl sites for hydroxylation is 3. The summed E-state index contributed by atoms with van der Waals surface area (Å²) in [6.07, 6.45) is 0. The first kappa shape index (κ1) is 14.5. The van der Waals surface area contributed by atoms with E-state index in [0.29, 0.717) is 17.0 Å². The Kier molecular flexibility index (Phi) is 4.09. The molecule has 0 aliphatic carbocycles. The fraction of sp³-hybridized carbons (Fsp3) is 0.333. The summed E-state index contributed by atoms with van der Waals surface area (Å²) in [5.41, 5.74) is 2.51. The Balaban J connectivity index is 2.64. The van der Waals surface area contributed by atoms with E-state index < -0.39 is 17.7 Å². The summed E-state index contributed by atoms with van der Waals surface area (Å²) in [5, 5.41) is 10.9. The molecule has 5 heteroatoms. The first-order valence-electron chi connectivity index (χ1n) is 6.38. The van der Waals surface area contributed by atoms with Crippen LogP contribution in [0.2, 0.25) is 0 Å². The van der Waals surface area contributed by atoms with E-state index in [1.807, 2.05) is 0 Å². The van der Waals surface area contributed by atoms with Crippen LogP contribution in [0, 0.1) is 32.4 Å². The molecule has 20 heavy (non-hydrogen) atoms. The van der Waals surface area contributed by atoms with Crippen LogP contribution in [0.1, 0.15) is 34.1 Å². The number of benzene rings is 1. The fourth-order valence-electron chi connectivity index (χ4n) is 2.26. The van der Waals surface area contributed by atoms with Crippen LogP contribution in [0.4, 0.5) is 8.78 Å². The SMILES string of the molecule is CNC(c1cc(C)nnc1C)c1c(F)ccc(C)c1F. The van der Waals surface area contributed by atoms with E-state index in [-0.39, 0.29) is 5.56 Å². The average molecular weight is 277 g/mol. The summed E-state index contributed by atoms with van der Waals surface area (Å²) in [6, 6.07) is 3.92. The van der Waals surface area contributed by atoms with Gasteiger partial charge in [-0.3, -0.25) is 0 Å². The molecule has 0 amide bonds. The monoisotopic (exact) mass is 277 g/mol. The van der Waals surface area contributed by atoms with Gasteiger partial charge in [0, 0.05) is 5.56 Å². The maximum atomic E-state index is 14.3. The molecule has 1 unspecified atom stereocenters. The molecule has 0 spiro atoms. The Hall–Kier alpha value is -1.88. The van der Waals surface area contributed by atoms with Gasteiger partial charge in [0.15, 0.2) is 0 Å². The van der Waals surface area contributed by atoms with Crippen LogP contribution >= 0.6 is 0 Å². The second kappa shape index (κ2) is 5.63. The molecule has 0 aliphatic rings. The van der Waals surface area contributed by atoms with Crippen LogP contribution in [0.5, 0.6) is 0 Å². The zero-order chi connectivity index (χ0) is 14.9. The van der Waals surface area contributed by atoms with Crippen molar-refractivity contribution in [3.8, 4) is 0 Å². The smallest absolute Gasteiger partial charge is 0.134 e. The normalized spacial score (nSPS) is 12.5. The molecule has 2 rings (SSSR count). The van der Waals surface area contributed by atoms with Gasteiger partial charge in [-0.1, -0.05) is 6.07 Å². The van der Waals surface area contributed by atoms with Crippen LogP contribution in [0.3, 0.4) is 0 Å². The Morgan fingerprint density at radius 3 is 2.45 bits per heavy atom. The molecule has 0 radical (unpaired) electrons. The Labute approximate surface area is 117 Å². The van der Waals surface area contributed by atoms with Gasteiger partial charge >= 0.3 is 0 Å². The van der Waals surface area contributed by atoms with Gasteiger partial charge in [0.2, 0.25) is 0 Å². The minimum atomic E-state index is -0.593. The summed E-state index contributed by atoms with van der Waals surface area (Å²) >= 11 is 0. The fourth-order valence-corrected chi connectivity index (χ4v) is 2.26. The standard InChI is InChI=1S/C15H17F2N3/c1-8-5-6-12(16)13(14(8)17)15(18-4)11-7-9(2)19-20-10(11)3/h5-7,15,18H,1-4H3. The van der Waals surface area contributed by atoms with Crippen LogP contribution in [-0.4, -0.2) is 17.2 Å². The van der Waals surface area contributed by atoms with Gasteiger partial charge in [0.25, 0.3) is 0 Å². The Bertz CT molecular complexity index is 641. The lowest BCUT2D eigenvalue weighted by molar-refractivity contribution is 0.515. The van der Waals surface area contributed by atoms with Crippen molar-refractivity contribution in [2.75, 3.05) is 7.05 Å². The van der Waals surface area contributed by atoms with Crippen molar-refractivity contribution in [1.82, 2.24) is 15.5 Å². The van der Waals surface area contributed by atoms with Gasteiger partial charge in [-0.15, -0.1) is 0 Å². The van der Waals surface area contributed by atoms with Crippen molar-refractivity contribution in [2.24, 2.45) is 0 Å². The number of nitrogens with one attached hydrogen (secondary N) is 1. The van der Waals surface area contributed by atoms with E-state index in [1.54, 1.807) is 33.9 Å². The van der Waals surface area contributed by atoms with Crippen molar-refractivity contribution in [2.45, 2.75) is 26.8 Å². The van der Waals surface area contributed by atoms with Crippen molar-refractivity contribution in [3.05, 3.63) is 57.9 Å². The lowest BCUT2D eigenvalue weighted by Gasteiger charge is -2.20. The van der Waals surface area contributed by atoms with Crippen molar-refractivity contribution in [3.63, 3.8) is 0 Å². The molecule has 2 aromatic rings. The molecule has 0 aliphatic heterocycles. The van der Waals surface area contributed by atoms with Crippen LogP contribution in [0.15, 0.2) is 18.2 Å². The van der Waals surface area contributed by atoms with Gasteiger partial charge in [-0.25, -0.2) is 8.78 Å². The Morgan fingerprint density at radius 2 is 1.80 bits per heavy atom. The highest BCUT2D eigenvalue weighted by Crippen LogP contribution is 2.29. The predicted molar refractivity (Wildman–Crippen MR) is 73.5 cm³/mol. The maximum absolute atomic E-state index is 14.3. The summed E-state index contributed by atoms with van der Waals surface area (Å²) in [5.74, 6) is -1.10. The lowest BCUT2D eigenvalue weighted by Crippen LogP contribution is -2.22. The minimum Gasteiger partial charge on any atom is -0.309 e. The molecule has 0 saturated carbocycles. The molecule has 1 aromatic heterocycles. The maximum Gasteiger partial charge on any atom is 0.134 e. The second-order valence-electron chi connectivity index (χ2n) is 4.84. The Morgan fingerprint density at radius 1 is 1.10 bits per heavy atom. The number of nitrogens with zero attached hydrogens (tertiary/aromatic N) is 2. The van der Waals surface area contributed by atoms with E-state index >= 15 is 0 Å². The predicted octanol–water partition coefficient (Wildman–Crippen LogP) is 2.99. The van der Waals surface area contributed by atoms with Crippen molar-refractivity contribution in [1.29, 1.82) is 0 Å². The minimum absolute atomic E-state index is 0.0167. The molecule has 3 nitrogen and oxygen atoms in total. The number of hydrogen-bond acceptors (Lipinski definition) is 3. The first-order chi connectivity index (χ1) is 9.45. The molecule has 1 aromatic carbocycles. The molecule has 1 N–H and O–H groups in total. The van der Waals surface area contributed by atoms with E-state index in [4.69, 9.17) is 0 Å². The quantitative estimate of drug-likeness (QED) is 0.937. The van der Waals surface area contributed by atoms with E-state index in [2.05, 4.69) is 15.5 Å². The van der Waals surface area contributed by atoms with E-state index in [0.717, 1.165) is 5.56 Å². The molecule has 0 bridgehead atoms. The topological polar surface area (TPSA) is 37.8 Å². The molecular weight excluding hydrogens is 260 g/mol. The van der Waals surface area contributed by atoms with Gasteiger partial charge in [-0.2, -0.15) is 10.2 Å². The molecule has 1 heterocycles. The van der Waals surface area contributed by atoms with Crippen LogP contribution in [0.25, 0.3) is 0 Å². The highest BCUT2D eigenvalue weighted by molar-refractivity contribution is 5.38. The zero-order valence-corrected chi connectivity index (χ0v) is 12.0. The van der Waals surface area contributed by atoms with Gasteiger partial charge in [0.1, 0.15) is 11.6 Å². The number of hydrogen-bond donors (Lipinski definition) is 1. The molecule has 106 valence electrons. The lowest BCUT2D eigenvalue weighted by atomic mass is 9.95. The summed E-state index contributed by atoms with van der Waals surface area (Å²) < 4.78 is 28.4. The van der Waals surface area contributed by atoms with E-state index in [9.17, 15) is 8.78 Å². The van der Waals surface area contributed by atoms with Gasteiger partial charge in [-0.05, 0) is 51.1 Å². The van der Waals surface area contributed by atoms with Crippen molar-refractivity contribution < 1.29 is 8.78 Å². The largest absolute Gasteiger partial charge is 0.309 e. The molecule has 1 atom stereocenters. The van der Waals surface area contributed by atoms with E-state index in [1.165, 1.54) is 12.1 Å².